The molecule has 1 aromatic heterocycles. The van der Waals surface area contributed by atoms with Crippen molar-refractivity contribution in [3.8, 4) is 16.9 Å². The average molecular weight is 496 g/mol. The van der Waals surface area contributed by atoms with Gasteiger partial charge in [0, 0.05) is 48.2 Å². The van der Waals surface area contributed by atoms with Gasteiger partial charge < -0.3 is 10.6 Å². The molecule has 0 saturated heterocycles. The number of pyridine rings is 1. The highest BCUT2D eigenvalue weighted by Crippen LogP contribution is 2.27. The molecular formula is C30H29N3O4. The van der Waals surface area contributed by atoms with Crippen molar-refractivity contribution in [2.24, 2.45) is 0 Å². The van der Waals surface area contributed by atoms with Crippen LogP contribution in [0.2, 0.25) is 0 Å². The molecule has 188 valence electrons. The zero-order valence-electron chi connectivity index (χ0n) is 20.6. The third kappa shape index (κ3) is 7.41. The van der Waals surface area contributed by atoms with Gasteiger partial charge in [-0.3, -0.25) is 19.6 Å². The summed E-state index contributed by atoms with van der Waals surface area (Å²) in [6.07, 6.45) is 3.61. The molecule has 37 heavy (non-hydrogen) atoms. The maximum Gasteiger partial charge on any atom is 0.355 e. The van der Waals surface area contributed by atoms with Crippen LogP contribution in [0.3, 0.4) is 0 Å². The van der Waals surface area contributed by atoms with Crippen molar-refractivity contribution in [1.82, 2.24) is 4.98 Å². The third-order valence-corrected chi connectivity index (χ3v) is 5.60. The molecule has 7 heteroatoms. The number of hydrogen-bond acceptors (Lipinski definition) is 6. The minimum absolute atomic E-state index is 0.208. The Morgan fingerprint density at radius 2 is 1.57 bits per heavy atom. The molecule has 0 saturated carbocycles. The number of nitrogens with one attached hydrogen (secondary N) is 2. The number of nitrogens with zero attached hydrogens (tertiary/aromatic N) is 1. The molecule has 4 rings (SSSR count). The first-order valence-corrected chi connectivity index (χ1v) is 12.2. The molecule has 0 fully saturated rings. The van der Waals surface area contributed by atoms with Crippen LogP contribution in [-0.2, 0) is 16.1 Å². The lowest BCUT2D eigenvalue weighted by Gasteiger charge is -2.12. The molecule has 0 bridgehead atoms. The minimum Gasteiger partial charge on any atom is -0.385 e. The highest BCUT2D eigenvalue weighted by atomic mass is 17.2. The van der Waals surface area contributed by atoms with E-state index in [0.29, 0.717) is 29.8 Å². The van der Waals surface area contributed by atoms with Gasteiger partial charge in [0.15, 0.2) is 5.75 Å². The Kier molecular flexibility index (Phi) is 8.86. The molecule has 1 heterocycles. The molecule has 0 radical (unpaired) electrons. The summed E-state index contributed by atoms with van der Waals surface area (Å²) >= 11 is 0. The fraction of sp³-hybridized carbons (Fsp3) is 0.167. The Labute approximate surface area is 216 Å². The fourth-order valence-electron chi connectivity index (χ4n) is 3.71. The predicted octanol–water partition coefficient (Wildman–Crippen LogP) is 6.29. The lowest BCUT2D eigenvalue weighted by Crippen LogP contribution is -2.13. The van der Waals surface area contributed by atoms with E-state index in [9.17, 15) is 9.59 Å². The highest BCUT2D eigenvalue weighted by Gasteiger charge is 2.13. The normalized spacial score (nSPS) is 10.4. The minimum atomic E-state index is -0.415. The van der Waals surface area contributed by atoms with Crippen LogP contribution in [0.15, 0.2) is 97.2 Å². The van der Waals surface area contributed by atoms with Gasteiger partial charge in [-0.1, -0.05) is 43.3 Å². The maximum atomic E-state index is 13.1. The van der Waals surface area contributed by atoms with E-state index in [2.05, 4.69) is 15.6 Å². The van der Waals surface area contributed by atoms with Gasteiger partial charge >= 0.3 is 5.97 Å². The van der Waals surface area contributed by atoms with Crippen LogP contribution in [0.5, 0.6) is 5.75 Å². The Bertz CT molecular complexity index is 1310. The molecule has 2 N–H and O–H groups in total. The lowest BCUT2D eigenvalue weighted by molar-refractivity contribution is -0.213. The molecule has 4 aromatic rings. The summed E-state index contributed by atoms with van der Waals surface area (Å²) in [6, 6.07) is 27.9. The summed E-state index contributed by atoms with van der Waals surface area (Å²) in [6.45, 7) is 2.66. The van der Waals surface area contributed by atoms with Crippen LogP contribution in [0.1, 0.15) is 35.8 Å². The molecule has 7 nitrogen and oxygen atoms in total. The first-order chi connectivity index (χ1) is 18.1. The first-order valence-electron chi connectivity index (χ1n) is 12.2. The van der Waals surface area contributed by atoms with E-state index in [0.717, 1.165) is 35.5 Å². The monoisotopic (exact) mass is 495 g/mol. The highest BCUT2D eigenvalue weighted by molar-refractivity contribution is 6.08. The second-order valence-electron chi connectivity index (χ2n) is 8.39. The van der Waals surface area contributed by atoms with Crippen LogP contribution in [-0.4, -0.2) is 23.4 Å². The van der Waals surface area contributed by atoms with Crippen LogP contribution in [0.25, 0.3) is 11.1 Å². The Hall–Kier alpha value is -4.65. The number of amides is 1. The van der Waals surface area contributed by atoms with Crippen LogP contribution in [0.4, 0.5) is 11.4 Å². The summed E-state index contributed by atoms with van der Waals surface area (Å²) in [5, 5.41) is 6.35. The predicted molar refractivity (Wildman–Crippen MR) is 144 cm³/mol. The smallest absolute Gasteiger partial charge is 0.355 e. The Balaban J connectivity index is 1.36. The topological polar surface area (TPSA) is 89.5 Å². The van der Waals surface area contributed by atoms with E-state index < -0.39 is 5.97 Å². The van der Waals surface area contributed by atoms with E-state index in [4.69, 9.17) is 9.78 Å². The van der Waals surface area contributed by atoms with Gasteiger partial charge in [0.25, 0.3) is 5.91 Å². The molecule has 0 atom stereocenters. The molecule has 0 aliphatic carbocycles. The molecule has 0 aliphatic heterocycles. The van der Waals surface area contributed by atoms with Gasteiger partial charge in [-0.15, -0.1) is 0 Å². The lowest BCUT2D eigenvalue weighted by atomic mass is 9.99. The summed E-state index contributed by atoms with van der Waals surface area (Å²) in [4.78, 5) is 38.8. The summed E-state index contributed by atoms with van der Waals surface area (Å²) < 4.78 is 0. The second kappa shape index (κ2) is 12.9. The number of rotatable bonds is 11. The number of carbonyl (C=O) groups is 2. The van der Waals surface area contributed by atoms with Gasteiger partial charge in [0.1, 0.15) is 0 Å². The van der Waals surface area contributed by atoms with Crippen molar-refractivity contribution in [3.05, 3.63) is 108 Å². The van der Waals surface area contributed by atoms with Crippen molar-refractivity contribution < 1.29 is 19.4 Å². The van der Waals surface area contributed by atoms with Crippen LogP contribution < -0.4 is 15.5 Å². The maximum absolute atomic E-state index is 13.1. The van der Waals surface area contributed by atoms with Gasteiger partial charge in [0.2, 0.25) is 0 Å². The number of aromatic nitrogens is 1. The van der Waals surface area contributed by atoms with Crippen molar-refractivity contribution >= 4 is 23.3 Å². The van der Waals surface area contributed by atoms with Gasteiger partial charge in [-0.05, 0) is 72.1 Å². The zero-order valence-corrected chi connectivity index (χ0v) is 20.6. The molecule has 0 spiro atoms. The number of carbonyl (C=O) groups excluding carboxylic acids is 2. The number of benzene rings is 3. The van der Waals surface area contributed by atoms with Crippen LogP contribution >= 0.6 is 0 Å². The van der Waals surface area contributed by atoms with E-state index in [-0.39, 0.29) is 5.91 Å². The third-order valence-electron chi connectivity index (χ3n) is 5.60. The zero-order chi connectivity index (χ0) is 25.9. The van der Waals surface area contributed by atoms with Crippen molar-refractivity contribution in [2.45, 2.75) is 26.2 Å². The second-order valence-corrected chi connectivity index (χ2v) is 8.39. The van der Waals surface area contributed by atoms with E-state index in [1.54, 1.807) is 24.4 Å². The van der Waals surface area contributed by atoms with Crippen LogP contribution in [0, 0.1) is 0 Å². The van der Waals surface area contributed by atoms with Crippen molar-refractivity contribution in [1.29, 1.82) is 0 Å². The number of anilines is 2. The summed E-state index contributed by atoms with van der Waals surface area (Å²) in [7, 11) is 0. The standard InChI is InChI=1S/C30H29N3O4/c1-2-7-29(34)37-36-26-17-11-22(12-18-26)27-9-3-4-10-28(27)30(35)33-25-15-13-24(14-16-25)32-21-19-23-8-5-6-20-31-23/h3-6,8-18,20,32H,2,7,19,21H2,1H3,(H,33,35). The average Bonchev–Trinajstić information content (AvgIpc) is 2.94. The summed E-state index contributed by atoms with van der Waals surface area (Å²) in [5.74, 6) is -0.217. The first kappa shape index (κ1) is 25.4. The van der Waals surface area contributed by atoms with Gasteiger partial charge in [-0.25, -0.2) is 4.79 Å². The molecule has 1 amide bonds. The molecule has 3 aromatic carbocycles. The number of hydrogen-bond donors (Lipinski definition) is 2. The summed E-state index contributed by atoms with van der Waals surface area (Å²) in [5.41, 5.74) is 4.87. The van der Waals surface area contributed by atoms with E-state index in [1.807, 2.05) is 79.7 Å². The van der Waals surface area contributed by atoms with Crippen molar-refractivity contribution in [3.63, 3.8) is 0 Å². The van der Waals surface area contributed by atoms with E-state index in [1.165, 1.54) is 0 Å². The quantitative estimate of drug-likeness (QED) is 0.188. The molecular weight excluding hydrogens is 466 g/mol. The Morgan fingerprint density at radius 3 is 2.30 bits per heavy atom. The van der Waals surface area contributed by atoms with Gasteiger partial charge in [0.05, 0.1) is 0 Å². The Morgan fingerprint density at radius 1 is 0.838 bits per heavy atom. The van der Waals surface area contributed by atoms with Gasteiger partial charge in [-0.2, -0.15) is 0 Å². The van der Waals surface area contributed by atoms with Crippen molar-refractivity contribution in [2.75, 3.05) is 17.2 Å². The molecule has 0 aliphatic rings. The largest absolute Gasteiger partial charge is 0.385 e. The molecule has 0 unspecified atom stereocenters. The van der Waals surface area contributed by atoms with E-state index >= 15 is 0 Å². The fourth-order valence-corrected chi connectivity index (χ4v) is 3.71. The SMILES string of the molecule is CCCC(=O)OOc1ccc(-c2ccccc2C(=O)Nc2ccc(NCCc3ccccn3)cc2)cc1.